The second-order valence-electron chi connectivity index (χ2n) is 8.15. The van der Waals surface area contributed by atoms with Gasteiger partial charge in [-0.15, -0.1) is 0 Å². The molecule has 4 rings (SSSR count). The molecule has 0 aromatic heterocycles. The molecule has 1 N–H and O–H groups in total. The lowest BCUT2D eigenvalue weighted by Gasteiger charge is -2.53. The zero-order valence-corrected chi connectivity index (χ0v) is 14.4. The predicted octanol–water partition coefficient (Wildman–Crippen LogP) is 2.67. The van der Waals surface area contributed by atoms with E-state index in [1.54, 1.807) is 4.90 Å². The summed E-state index contributed by atoms with van der Waals surface area (Å²) in [6.45, 7) is 6.97. The minimum atomic E-state index is -0.609. The average Bonchev–Trinajstić information content (AvgIpc) is 3.23. The van der Waals surface area contributed by atoms with E-state index in [9.17, 15) is 14.7 Å². The third-order valence-corrected chi connectivity index (χ3v) is 5.02. The number of rotatable bonds is 2. The molecule has 2 heterocycles. The van der Waals surface area contributed by atoms with Crippen LogP contribution in [0, 0.1) is 11.8 Å². The van der Waals surface area contributed by atoms with E-state index in [-0.39, 0.29) is 17.7 Å². The average molecular weight is 321 g/mol. The molecule has 1 amide bonds. The van der Waals surface area contributed by atoms with Crippen LogP contribution >= 0.6 is 0 Å². The van der Waals surface area contributed by atoms with E-state index in [1.165, 1.54) is 6.92 Å². The molecule has 0 unspecified atom stereocenters. The number of Topliss-reactive ketones (excluding diaryl/α,β-unsaturated/α-hetero) is 1. The van der Waals surface area contributed by atoms with Gasteiger partial charge >= 0.3 is 6.09 Å². The molecule has 128 valence electrons. The lowest BCUT2D eigenvalue weighted by atomic mass is 9.68. The van der Waals surface area contributed by atoms with E-state index < -0.39 is 23.8 Å². The van der Waals surface area contributed by atoms with Crippen LogP contribution in [0.3, 0.4) is 0 Å². The highest BCUT2D eigenvalue weighted by Gasteiger charge is 2.54. The number of ether oxygens (including phenoxy) is 1. The Bertz CT molecular complexity index is 544. The monoisotopic (exact) mass is 321 g/mol. The molecule has 2 saturated carbocycles. The first-order valence-electron chi connectivity index (χ1n) is 8.60. The number of hydrogen-bond acceptors (Lipinski definition) is 4. The van der Waals surface area contributed by atoms with Crippen LogP contribution in [0.25, 0.3) is 0 Å². The quantitative estimate of drug-likeness (QED) is 0.794. The van der Waals surface area contributed by atoms with E-state index in [1.807, 2.05) is 20.8 Å². The maximum atomic E-state index is 12.7. The molecule has 5 nitrogen and oxygen atoms in total. The van der Waals surface area contributed by atoms with E-state index in [4.69, 9.17) is 4.74 Å². The van der Waals surface area contributed by atoms with Gasteiger partial charge < -0.3 is 9.84 Å². The van der Waals surface area contributed by atoms with Crippen LogP contribution in [0.4, 0.5) is 4.79 Å². The summed E-state index contributed by atoms with van der Waals surface area (Å²) >= 11 is 0. The maximum Gasteiger partial charge on any atom is 0.411 e. The van der Waals surface area contributed by atoms with Crippen molar-refractivity contribution in [3.05, 3.63) is 11.6 Å². The molecular formula is C18H27NO4. The number of amides is 1. The number of allylic oxidation sites excluding steroid dienone is 1. The number of aliphatic hydroxyl groups excluding tert-OH is 1. The Kier molecular flexibility index (Phi) is 4.03. The fourth-order valence-electron chi connectivity index (χ4n) is 3.95. The Morgan fingerprint density at radius 1 is 1.22 bits per heavy atom. The SMILES string of the molecule is CC(=O)[C@@H]1[C@@H]2CC[C@@H](/C(=C\C3CC3)[C@H]2O)N1C(=O)OC(C)(C)C. The topological polar surface area (TPSA) is 66.8 Å². The zero-order valence-electron chi connectivity index (χ0n) is 14.4. The molecule has 0 spiro atoms. The molecule has 2 bridgehead atoms. The van der Waals surface area contributed by atoms with Crippen LogP contribution in [0.2, 0.25) is 0 Å². The summed E-state index contributed by atoms with van der Waals surface area (Å²) < 4.78 is 5.54. The lowest BCUT2D eigenvalue weighted by molar-refractivity contribution is -0.133. The van der Waals surface area contributed by atoms with Gasteiger partial charge in [0.15, 0.2) is 5.78 Å². The van der Waals surface area contributed by atoms with Gasteiger partial charge in [-0.25, -0.2) is 4.79 Å². The summed E-state index contributed by atoms with van der Waals surface area (Å²) in [5, 5.41) is 10.7. The van der Waals surface area contributed by atoms with Gasteiger partial charge in [-0.1, -0.05) is 6.08 Å². The summed E-state index contributed by atoms with van der Waals surface area (Å²) in [7, 11) is 0. The minimum absolute atomic E-state index is 0.0740. The van der Waals surface area contributed by atoms with Crippen molar-refractivity contribution in [3.63, 3.8) is 0 Å². The van der Waals surface area contributed by atoms with Crippen molar-refractivity contribution in [2.75, 3.05) is 0 Å². The summed E-state index contributed by atoms with van der Waals surface area (Å²) in [5.41, 5.74) is 0.320. The first kappa shape index (κ1) is 16.5. The van der Waals surface area contributed by atoms with Gasteiger partial charge in [0.25, 0.3) is 0 Å². The highest BCUT2D eigenvalue weighted by molar-refractivity contribution is 5.87. The minimum Gasteiger partial charge on any atom is -0.444 e. The first-order chi connectivity index (χ1) is 10.7. The summed E-state index contributed by atoms with van der Waals surface area (Å²) in [6, 6.07) is -0.783. The zero-order chi connectivity index (χ0) is 16.9. The molecule has 0 radical (unpaired) electrons. The Hall–Kier alpha value is -1.36. The normalized spacial score (nSPS) is 35.5. The molecule has 2 aliphatic carbocycles. The number of aliphatic hydroxyl groups is 1. The van der Waals surface area contributed by atoms with Crippen molar-refractivity contribution in [1.82, 2.24) is 4.90 Å². The molecule has 5 heteroatoms. The molecule has 2 saturated heterocycles. The maximum absolute atomic E-state index is 12.7. The summed E-state index contributed by atoms with van der Waals surface area (Å²) in [6.07, 6.45) is 4.95. The van der Waals surface area contributed by atoms with Crippen LogP contribution in [-0.4, -0.2) is 45.7 Å². The van der Waals surface area contributed by atoms with Crippen LogP contribution in [0.1, 0.15) is 53.4 Å². The number of ketones is 1. The Balaban J connectivity index is 1.93. The van der Waals surface area contributed by atoms with E-state index in [0.717, 1.165) is 31.3 Å². The second kappa shape index (κ2) is 5.62. The standard InChI is InChI=1S/C18H27NO4/c1-10(20)15-12-7-8-14(13(16(12)21)9-11-5-6-11)19(15)17(22)23-18(2,3)4/h9,11-12,14-16,21H,5-8H2,1-4H3/b13-9+/t12-,14-,15+,16-/m0/s1. The number of carbonyl (C=O) groups is 2. The third kappa shape index (κ3) is 3.16. The van der Waals surface area contributed by atoms with E-state index in [2.05, 4.69) is 6.08 Å². The molecule has 4 fully saturated rings. The van der Waals surface area contributed by atoms with Gasteiger partial charge in [0.05, 0.1) is 18.2 Å². The van der Waals surface area contributed by atoms with Gasteiger partial charge in [-0.3, -0.25) is 9.69 Å². The van der Waals surface area contributed by atoms with Crippen molar-refractivity contribution in [2.45, 2.75) is 77.2 Å². The molecule has 4 atom stereocenters. The molecular weight excluding hydrogens is 294 g/mol. The Morgan fingerprint density at radius 3 is 2.39 bits per heavy atom. The van der Waals surface area contributed by atoms with Gasteiger partial charge in [0.2, 0.25) is 0 Å². The Labute approximate surface area is 137 Å². The highest BCUT2D eigenvalue weighted by Crippen LogP contribution is 2.46. The predicted molar refractivity (Wildman–Crippen MR) is 85.9 cm³/mol. The fourth-order valence-corrected chi connectivity index (χ4v) is 3.95. The molecule has 0 aromatic carbocycles. The largest absolute Gasteiger partial charge is 0.444 e. The smallest absolute Gasteiger partial charge is 0.411 e. The van der Waals surface area contributed by atoms with E-state index in [0.29, 0.717) is 5.92 Å². The highest BCUT2D eigenvalue weighted by atomic mass is 16.6. The van der Waals surface area contributed by atoms with Crippen LogP contribution in [-0.2, 0) is 9.53 Å². The van der Waals surface area contributed by atoms with Crippen molar-refractivity contribution in [2.24, 2.45) is 11.8 Å². The third-order valence-electron chi connectivity index (χ3n) is 5.02. The van der Waals surface area contributed by atoms with Gasteiger partial charge in [0, 0.05) is 5.92 Å². The number of carbonyl (C=O) groups excluding carboxylic acids is 2. The van der Waals surface area contributed by atoms with Crippen LogP contribution < -0.4 is 0 Å². The number of piperidine rings is 2. The molecule has 2 aliphatic heterocycles. The number of fused-ring (bicyclic) bond motifs is 3. The van der Waals surface area contributed by atoms with Gasteiger partial charge in [-0.05, 0) is 64.9 Å². The van der Waals surface area contributed by atoms with Crippen molar-refractivity contribution < 1.29 is 19.4 Å². The van der Waals surface area contributed by atoms with Gasteiger partial charge in [-0.2, -0.15) is 0 Å². The van der Waals surface area contributed by atoms with E-state index >= 15 is 0 Å². The number of hydrogen-bond donors (Lipinski definition) is 1. The summed E-state index contributed by atoms with van der Waals surface area (Å²) in [5.74, 6) is 0.236. The second-order valence-corrected chi connectivity index (χ2v) is 8.15. The van der Waals surface area contributed by atoms with Crippen molar-refractivity contribution in [3.8, 4) is 0 Å². The Morgan fingerprint density at radius 2 is 1.87 bits per heavy atom. The van der Waals surface area contributed by atoms with Gasteiger partial charge in [0.1, 0.15) is 5.60 Å². The fraction of sp³-hybridized carbons (Fsp3) is 0.778. The lowest BCUT2D eigenvalue weighted by Crippen LogP contribution is -2.65. The number of nitrogens with zero attached hydrogens (tertiary/aromatic N) is 1. The van der Waals surface area contributed by atoms with Crippen LogP contribution in [0.5, 0.6) is 0 Å². The van der Waals surface area contributed by atoms with Crippen molar-refractivity contribution in [1.29, 1.82) is 0 Å². The molecule has 4 aliphatic rings. The summed E-state index contributed by atoms with van der Waals surface area (Å²) in [4.78, 5) is 26.5. The van der Waals surface area contributed by atoms with Crippen LogP contribution in [0.15, 0.2) is 11.6 Å². The van der Waals surface area contributed by atoms with Crippen molar-refractivity contribution >= 4 is 11.9 Å². The first-order valence-corrected chi connectivity index (χ1v) is 8.60. The molecule has 23 heavy (non-hydrogen) atoms. The molecule has 0 aromatic rings.